The predicted octanol–water partition coefficient (Wildman–Crippen LogP) is 3.63. The SMILES string of the molecule is CCC(CBr)COc1ccc(F)cc1. The van der Waals surface area contributed by atoms with Gasteiger partial charge in [0.15, 0.2) is 0 Å². The Hall–Kier alpha value is -0.570. The Labute approximate surface area is 92.4 Å². The van der Waals surface area contributed by atoms with Gasteiger partial charge in [-0.1, -0.05) is 22.9 Å². The Morgan fingerprint density at radius 1 is 1.36 bits per heavy atom. The third-order valence-electron chi connectivity index (χ3n) is 2.09. The van der Waals surface area contributed by atoms with E-state index in [4.69, 9.17) is 4.74 Å². The maximum Gasteiger partial charge on any atom is 0.123 e. The van der Waals surface area contributed by atoms with Crippen LogP contribution in [0.15, 0.2) is 24.3 Å². The van der Waals surface area contributed by atoms with Crippen molar-refractivity contribution >= 4 is 15.9 Å². The monoisotopic (exact) mass is 260 g/mol. The van der Waals surface area contributed by atoms with Gasteiger partial charge >= 0.3 is 0 Å². The summed E-state index contributed by atoms with van der Waals surface area (Å²) in [6, 6.07) is 6.11. The third kappa shape index (κ3) is 3.66. The number of hydrogen-bond acceptors (Lipinski definition) is 1. The van der Waals surface area contributed by atoms with Crippen LogP contribution in [0.4, 0.5) is 4.39 Å². The van der Waals surface area contributed by atoms with Crippen LogP contribution in [0.5, 0.6) is 5.75 Å². The number of halogens is 2. The Balaban J connectivity index is 2.41. The Bertz CT molecular complexity index is 256. The van der Waals surface area contributed by atoms with Gasteiger partial charge in [0, 0.05) is 11.2 Å². The summed E-state index contributed by atoms with van der Waals surface area (Å²) < 4.78 is 18.1. The fourth-order valence-electron chi connectivity index (χ4n) is 1.02. The lowest BCUT2D eigenvalue weighted by molar-refractivity contribution is 0.260. The van der Waals surface area contributed by atoms with Gasteiger partial charge in [0.1, 0.15) is 11.6 Å². The van der Waals surface area contributed by atoms with Gasteiger partial charge < -0.3 is 4.74 Å². The molecule has 0 fully saturated rings. The first kappa shape index (κ1) is 11.5. The van der Waals surface area contributed by atoms with Gasteiger partial charge in [-0.3, -0.25) is 0 Å². The number of benzene rings is 1. The number of hydrogen-bond donors (Lipinski definition) is 0. The van der Waals surface area contributed by atoms with E-state index in [1.54, 1.807) is 12.1 Å². The van der Waals surface area contributed by atoms with Crippen LogP contribution in [0.25, 0.3) is 0 Å². The molecular weight excluding hydrogens is 247 g/mol. The molecular formula is C11H14BrFO. The summed E-state index contributed by atoms with van der Waals surface area (Å²) >= 11 is 3.42. The molecule has 1 rings (SSSR count). The normalized spacial score (nSPS) is 12.5. The molecule has 0 saturated heterocycles. The summed E-state index contributed by atoms with van der Waals surface area (Å²) in [6.07, 6.45) is 1.08. The quantitative estimate of drug-likeness (QED) is 0.735. The van der Waals surface area contributed by atoms with Gasteiger partial charge in [-0.25, -0.2) is 4.39 Å². The fourth-order valence-corrected chi connectivity index (χ4v) is 1.66. The van der Waals surface area contributed by atoms with Crippen LogP contribution in [0.2, 0.25) is 0 Å². The van der Waals surface area contributed by atoms with Crippen molar-refractivity contribution in [1.29, 1.82) is 0 Å². The molecule has 1 atom stereocenters. The molecule has 0 amide bonds. The minimum absolute atomic E-state index is 0.232. The standard InChI is InChI=1S/C11H14BrFO/c1-2-9(7-12)8-14-11-5-3-10(13)4-6-11/h3-6,9H,2,7-8H2,1H3. The summed E-state index contributed by atoms with van der Waals surface area (Å²) in [5.74, 6) is 1.01. The highest BCUT2D eigenvalue weighted by atomic mass is 79.9. The van der Waals surface area contributed by atoms with Crippen LogP contribution in [0.3, 0.4) is 0 Å². The second kappa shape index (κ2) is 6.02. The summed E-state index contributed by atoms with van der Waals surface area (Å²) in [5.41, 5.74) is 0. The first-order valence-corrected chi connectivity index (χ1v) is 5.82. The van der Waals surface area contributed by atoms with Gasteiger partial charge in [0.25, 0.3) is 0 Å². The number of ether oxygens (including phenoxy) is 1. The lowest BCUT2D eigenvalue weighted by Gasteiger charge is -2.12. The molecule has 0 aliphatic carbocycles. The first-order chi connectivity index (χ1) is 6.76. The van der Waals surface area contributed by atoms with E-state index in [-0.39, 0.29) is 5.82 Å². The maximum absolute atomic E-state index is 12.6. The zero-order valence-corrected chi connectivity index (χ0v) is 9.76. The topological polar surface area (TPSA) is 9.23 Å². The molecule has 0 spiro atoms. The van der Waals surface area contributed by atoms with Crippen LogP contribution >= 0.6 is 15.9 Å². The molecule has 0 bridgehead atoms. The van der Waals surface area contributed by atoms with E-state index in [9.17, 15) is 4.39 Å². The van der Waals surface area contributed by atoms with E-state index in [2.05, 4.69) is 22.9 Å². The van der Waals surface area contributed by atoms with E-state index < -0.39 is 0 Å². The highest BCUT2D eigenvalue weighted by Gasteiger charge is 2.04. The highest BCUT2D eigenvalue weighted by molar-refractivity contribution is 9.09. The zero-order valence-electron chi connectivity index (χ0n) is 8.17. The van der Waals surface area contributed by atoms with Crippen molar-refractivity contribution < 1.29 is 9.13 Å². The van der Waals surface area contributed by atoms with Gasteiger partial charge in [-0.05, 0) is 30.7 Å². The molecule has 0 N–H and O–H groups in total. The summed E-state index contributed by atoms with van der Waals surface area (Å²) in [6.45, 7) is 2.80. The van der Waals surface area contributed by atoms with Crippen LogP contribution in [0, 0.1) is 11.7 Å². The number of alkyl halides is 1. The fraction of sp³-hybridized carbons (Fsp3) is 0.455. The smallest absolute Gasteiger partial charge is 0.123 e. The predicted molar refractivity (Wildman–Crippen MR) is 59.5 cm³/mol. The molecule has 78 valence electrons. The average molecular weight is 261 g/mol. The molecule has 1 aromatic rings. The van der Waals surface area contributed by atoms with Gasteiger partial charge in [0.05, 0.1) is 6.61 Å². The van der Waals surface area contributed by atoms with Crippen LogP contribution < -0.4 is 4.74 Å². The van der Waals surface area contributed by atoms with Crippen molar-refractivity contribution in [1.82, 2.24) is 0 Å². The van der Waals surface area contributed by atoms with E-state index in [0.29, 0.717) is 12.5 Å². The third-order valence-corrected chi connectivity index (χ3v) is 3.01. The number of rotatable bonds is 5. The molecule has 0 saturated carbocycles. The van der Waals surface area contributed by atoms with Crippen LogP contribution in [-0.2, 0) is 0 Å². The van der Waals surface area contributed by atoms with Gasteiger partial charge in [0.2, 0.25) is 0 Å². The van der Waals surface area contributed by atoms with Gasteiger partial charge in [-0.15, -0.1) is 0 Å². The maximum atomic E-state index is 12.6. The summed E-state index contributed by atoms with van der Waals surface area (Å²) in [4.78, 5) is 0. The van der Waals surface area contributed by atoms with E-state index in [1.165, 1.54) is 12.1 Å². The molecule has 1 unspecified atom stereocenters. The molecule has 3 heteroatoms. The Morgan fingerprint density at radius 3 is 2.50 bits per heavy atom. The van der Waals surface area contributed by atoms with E-state index >= 15 is 0 Å². The van der Waals surface area contributed by atoms with Crippen molar-refractivity contribution in [3.8, 4) is 5.75 Å². The minimum Gasteiger partial charge on any atom is -0.493 e. The van der Waals surface area contributed by atoms with E-state index in [1.807, 2.05) is 0 Å². The molecule has 0 aliphatic rings. The first-order valence-electron chi connectivity index (χ1n) is 4.70. The second-order valence-electron chi connectivity index (χ2n) is 3.19. The van der Waals surface area contributed by atoms with Crippen molar-refractivity contribution in [3.63, 3.8) is 0 Å². The molecule has 1 nitrogen and oxygen atoms in total. The minimum atomic E-state index is -0.232. The molecule has 0 aromatic heterocycles. The Morgan fingerprint density at radius 2 is 2.00 bits per heavy atom. The Kier molecular flexibility index (Phi) is 4.94. The van der Waals surface area contributed by atoms with Crippen molar-refractivity contribution in [2.45, 2.75) is 13.3 Å². The highest BCUT2D eigenvalue weighted by Crippen LogP contribution is 2.14. The molecule has 14 heavy (non-hydrogen) atoms. The summed E-state index contributed by atoms with van der Waals surface area (Å²) in [5, 5.41) is 0.935. The lowest BCUT2D eigenvalue weighted by atomic mass is 10.1. The average Bonchev–Trinajstić information content (AvgIpc) is 2.22. The molecule has 0 aliphatic heterocycles. The van der Waals surface area contributed by atoms with Crippen molar-refractivity contribution in [3.05, 3.63) is 30.1 Å². The van der Waals surface area contributed by atoms with Crippen LogP contribution in [0.1, 0.15) is 13.3 Å². The van der Waals surface area contributed by atoms with E-state index in [0.717, 1.165) is 17.5 Å². The zero-order chi connectivity index (χ0) is 10.4. The van der Waals surface area contributed by atoms with Gasteiger partial charge in [-0.2, -0.15) is 0 Å². The van der Waals surface area contributed by atoms with Crippen molar-refractivity contribution in [2.24, 2.45) is 5.92 Å². The molecule has 0 heterocycles. The van der Waals surface area contributed by atoms with Crippen LogP contribution in [-0.4, -0.2) is 11.9 Å². The molecule has 1 aromatic carbocycles. The largest absolute Gasteiger partial charge is 0.493 e. The second-order valence-corrected chi connectivity index (χ2v) is 3.84. The summed E-state index contributed by atoms with van der Waals surface area (Å²) in [7, 11) is 0. The molecule has 0 radical (unpaired) electrons. The van der Waals surface area contributed by atoms with Crippen molar-refractivity contribution in [2.75, 3.05) is 11.9 Å². The lowest BCUT2D eigenvalue weighted by Crippen LogP contribution is -2.12.